The van der Waals surface area contributed by atoms with Crippen molar-refractivity contribution in [2.45, 2.75) is 6.42 Å². The molecule has 0 aromatic heterocycles. The van der Waals surface area contributed by atoms with Crippen molar-refractivity contribution in [3.05, 3.63) is 23.2 Å². The van der Waals surface area contributed by atoms with Crippen LogP contribution >= 0.6 is 11.6 Å². The number of rotatable bonds is 6. The minimum Gasteiger partial charge on any atom is -0.495 e. The Balaban J connectivity index is 2.45. The Hall–Kier alpha value is -1.79. The van der Waals surface area contributed by atoms with Gasteiger partial charge in [0.1, 0.15) is 5.75 Å². The van der Waals surface area contributed by atoms with E-state index in [2.05, 4.69) is 10.6 Å². The number of amides is 2. The molecule has 0 aliphatic heterocycles. The van der Waals surface area contributed by atoms with Crippen molar-refractivity contribution in [3.63, 3.8) is 0 Å². The number of ether oxygens (including phenoxy) is 1. The maximum atomic E-state index is 11.7. The van der Waals surface area contributed by atoms with E-state index in [-0.39, 0.29) is 0 Å². The molecule has 0 atom stereocenters. The summed E-state index contributed by atoms with van der Waals surface area (Å²) in [6.07, 6.45) is 0.778. The smallest absolute Gasteiger partial charge is 0.313 e. The van der Waals surface area contributed by atoms with E-state index in [1.807, 2.05) is 19.0 Å². The van der Waals surface area contributed by atoms with Gasteiger partial charge < -0.3 is 20.3 Å². The highest BCUT2D eigenvalue weighted by molar-refractivity contribution is 6.40. The van der Waals surface area contributed by atoms with Crippen LogP contribution in [0.5, 0.6) is 5.75 Å². The second kappa shape index (κ2) is 8.49. The topological polar surface area (TPSA) is 70.7 Å². The van der Waals surface area contributed by atoms with Crippen LogP contribution in [0.1, 0.15) is 6.42 Å². The molecule has 21 heavy (non-hydrogen) atoms. The van der Waals surface area contributed by atoms with E-state index in [9.17, 15) is 9.59 Å². The van der Waals surface area contributed by atoms with E-state index in [0.717, 1.165) is 13.0 Å². The molecule has 1 aromatic carbocycles. The summed E-state index contributed by atoms with van der Waals surface area (Å²) < 4.78 is 5.01. The number of hydrogen-bond donors (Lipinski definition) is 2. The molecule has 1 rings (SSSR count). The van der Waals surface area contributed by atoms with Gasteiger partial charge in [-0.25, -0.2) is 0 Å². The van der Waals surface area contributed by atoms with E-state index in [1.54, 1.807) is 12.1 Å². The Morgan fingerprint density at radius 1 is 1.29 bits per heavy atom. The lowest BCUT2D eigenvalue weighted by atomic mass is 10.3. The molecule has 116 valence electrons. The highest BCUT2D eigenvalue weighted by Crippen LogP contribution is 2.27. The van der Waals surface area contributed by atoms with Crippen LogP contribution in [0.4, 0.5) is 5.69 Å². The zero-order valence-corrected chi connectivity index (χ0v) is 13.2. The molecular formula is C14H20ClN3O3. The Morgan fingerprint density at radius 3 is 2.57 bits per heavy atom. The Kier molecular flexibility index (Phi) is 6.98. The summed E-state index contributed by atoms with van der Waals surface area (Å²) in [5.74, 6) is -0.885. The zero-order chi connectivity index (χ0) is 15.8. The highest BCUT2D eigenvalue weighted by Gasteiger charge is 2.13. The van der Waals surface area contributed by atoms with E-state index < -0.39 is 11.8 Å². The Labute approximate surface area is 129 Å². The van der Waals surface area contributed by atoms with Gasteiger partial charge in [0.25, 0.3) is 0 Å². The van der Waals surface area contributed by atoms with Crippen LogP contribution in [-0.4, -0.2) is 51.0 Å². The lowest BCUT2D eigenvalue weighted by Gasteiger charge is -2.10. The van der Waals surface area contributed by atoms with E-state index >= 15 is 0 Å². The van der Waals surface area contributed by atoms with Crippen molar-refractivity contribution in [3.8, 4) is 5.75 Å². The molecule has 2 N–H and O–H groups in total. The number of carbonyl (C=O) groups excluding carboxylic acids is 2. The third-order valence-corrected chi connectivity index (χ3v) is 2.98. The van der Waals surface area contributed by atoms with Gasteiger partial charge in [0.2, 0.25) is 0 Å². The fraction of sp³-hybridized carbons (Fsp3) is 0.429. The van der Waals surface area contributed by atoms with Crippen LogP contribution in [0.15, 0.2) is 18.2 Å². The van der Waals surface area contributed by atoms with Gasteiger partial charge in [-0.3, -0.25) is 9.59 Å². The summed E-state index contributed by atoms with van der Waals surface area (Å²) in [4.78, 5) is 25.3. The summed E-state index contributed by atoms with van der Waals surface area (Å²) in [6.45, 7) is 1.30. The number of nitrogens with zero attached hydrogens (tertiary/aromatic N) is 1. The SMILES string of the molecule is COc1ccc(NC(=O)C(=O)NCCCN(C)C)cc1Cl. The number of methoxy groups -OCH3 is 1. The van der Waals surface area contributed by atoms with Gasteiger partial charge in [0.15, 0.2) is 0 Å². The van der Waals surface area contributed by atoms with Crippen molar-refractivity contribution < 1.29 is 14.3 Å². The molecule has 0 fully saturated rings. The van der Waals surface area contributed by atoms with Crippen LogP contribution in [0.3, 0.4) is 0 Å². The second-order valence-electron chi connectivity index (χ2n) is 4.72. The number of hydrogen-bond acceptors (Lipinski definition) is 4. The fourth-order valence-corrected chi connectivity index (χ4v) is 1.87. The highest BCUT2D eigenvalue weighted by atomic mass is 35.5. The zero-order valence-electron chi connectivity index (χ0n) is 12.4. The molecule has 0 saturated heterocycles. The minimum absolute atomic E-state index is 0.363. The van der Waals surface area contributed by atoms with Crippen LogP contribution in [0, 0.1) is 0 Å². The van der Waals surface area contributed by atoms with Gasteiger partial charge in [0, 0.05) is 12.2 Å². The second-order valence-corrected chi connectivity index (χ2v) is 5.12. The molecule has 0 aliphatic rings. The molecule has 1 aromatic rings. The third-order valence-electron chi connectivity index (χ3n) is 2.68. The van der Waals surface area contributed by atoms with Crippen LogP contribution in [0.25, 0.3) is 0 Å². The van der Waals surface area contributed by atoms with Crippen molar-refractivity contribution in [2.24, 2.45) is 0 Å². The predicted octanol–water partition coefficient (Wildman–Crippen LogP) is 1.36. The van der Waals surface area contributed by atoms with Crippen molar-refractivity contribution in [1.82, 2.24) is 10.2 Å². The van der Waals surface area contributed by atoms with Gasteiger partial charge in [0.05, 0.1) is 12.1 Å². The predicted molar refractivity (Wildman–Crippen MR) is 82.8 cm³/mol. The van der Waals surface area contributed by atoms with Crippen molar-refractivity contribution in [1.29, 1.82) is 0 Å². The molecule has 0 radical (unpaired) electrons. The molecule has 2 amide bonds. The van der Waals surface area contributed by atoms with Crippen LogP contribution < -0.4 is 15.4 Å². The fourth-order valence-electron chi connectivity index (χ4n) is 1.61. The molecule has 0 spiro atoms. The first-order valence-electron chi connectivity index (χ1n) is 6.51. The van der Waals surface area contributed by atoms with Crippen LogP contribution in [-0.2, 0) is 9.59 Å². The molecule has 0 heterocycles. The van der Waals surface area contributed by atoms with Crippen LogP contribution in [0.2, 0.25) is 5.02 Å². The summed E-state index contributed by atoms with van der Waals surface area (Å²) >= 11 is 5.94. The van der Waals surface area contributed by atoms with E-state index in [4.69, 9.17) is 16.3 Å². The summed E-state index contributed by atoms with van der Waals surface area (Å²) in [6, 6.07) is 4.76. The molecule has 0 unspecified atom stereocenters. The summed E-state index contributed by atoms with van der Waals surface area (Å²) in [5.41, 5.74) is 0.439. The number of anilines is 1. The van der Waals surface area contributed by atoms with Gasteiger partial charge >= 0.3 is 11.8 Å². The first kappa shape index (κ1) is 17.3. The molecular weight excluding hydrogens is 294 g/mol. The Morgan fingerprint density at radius 2 is 2.00 bits per heavy atom. The Bertz CT molecular complexity index is 506. The normalized spacial score (nSPS) is 10.3. The lowest BCUT2D eigenvalue weighted by Crippen LogP contribution is -2.36. The average Bonchev–Trinajstić information content (AvgIpc) is 2.43. The quantitative estimate of drug-likeness (QED) is 0.614. The maximum absolute atomic E-state index is 11.7. The number of nitrogens with one attached hydrogen (secondary N) is 2. The first-order valence-corrected chi connectivity index (χ1v) is 6.89. The van der Waals surface area contributed by atoms with Gasteiger partial charge in [-0.05, 0) is 45.3 Å². The maximum Gasteiger partial charge on any atom is 0.313 e. The monoisotopic (exact) mass is 313 g/mol. The van der Waals surface area contributed by atoms with E-state index in [0.29, 0.717) is 23.0 Å². The standard InChI is InChI=1S/C14H20ClN3O3/c1-18(2)8-4-7-16-13(19)14(20)17-10-5-6-12(21-3)11(15)9-10/h5-6,9H,4,7-8H2,1-3H3,(H,16,19)(H,17,20). The van der Waals surface area contributed by atoms with E-state index in [1.165, 1.54) is 13.2 Å². The van der Waals surface area contributed by atoms with Crippen molar-refractivity contribution in [2.75, 3.05) is 39.6 Å². The first-order chi connectivity index (χ1) is 9.93. The number of halogens is 1. The number of carbonyl (C=O) groups is 2. The lowest BCUT2D eigenvalue weighted by molar-refractivity contribution is -0.136. The average molecular weight is 314 g/mol. The summed E-state index contributed by atoms with van der Waals surface area (Å²) in [7, 11) is 5.39. The van der Waals surface area contributed by atoms with Crippen molar-refractivity contribution >= 4 is 29.1 Å². The largest absolute Gasteiger partial charge is 0.495 e. The minimum atomic E-state index is -0.721. The summed E-state index contributed by atoms with van der Waals surface area (Å²) in [5, 5.41) is 5.40. The number of benzene rings is 1. The molecule has 0 bridgehead atoms. The molecule has 6 nitrogen and oxygen atoms in total. The third kappa shape index (κ3) is 6.01. The van der Waals surface area contributed by atoms with Gasteiger partial charge in [-0.1, -0.05) is 11.6 Å². The van der Waals surface area contributed by atoms with Gasteiger partial charge in [-0.2, -0.15) is 0 Å². The molecule has 7 heteroatoms. The molecule has 0 saturated carbocycles. The molecule has 0 aliphatic carbocycles. The van der Waals surface area contributed by atoms with Gasteiger partial charge in [-0.15, -0.1) is 0 Å².